The molecule has 210 valence electrons. The molecular formula is C30H48N6O2. The minimum Gasteiger partial charge on any atom is -0.342 e. The van der Waals surface area contributed by atoms with Gasteiger partial charge >= 0.3 is 6.03 Å². The van der Waals surface area contributed by atoms with E-state index in [1.807, 2.05) is 24.3 Å². The molecule has 8 heteroatoms. The molecule has 8 nitrogen and oxygen atoms in total. The van der Waals surface area contributed by atoms with Crippen LogP contribution in [0.4, 0.5) is 4.79 Å². The summed E-state index contributed by atoms with van der Waals surface area (Å²) in [5, 5.41) is 17.8. The summed E-state index contributed by atoms with van der Waals surface area (Å²) in [4.78, 5) is 29.9. The maximum Gasteiger partial charge on any atom is 0.315 e. The first-order chi connectivity index (χ1) is 18.5. The van der Waals surface area contributed by atoms with E-state index in [4.69, 9.17) is 5.41 Å². The lowest BCUT2D eigenvalue weighted by Gasteiger charge is -2.33. The Kier molecular flexibility index (Phi) is 10.4. The monoisotopic (exact) mass is 524 g/mol. The Morgan fingerprint density at radius 2 is 1.74 bits per heavy atom. The number of benzene rings is 1. The number of nitrogens with one attached hydrogen (secondary N) is 4. The lowest BCUT2D eigenvalue weighted by atomic mass is 9.77. The Bertz CT molecular complexity index is 923. The molecule has 2 heterocycles. The van der Waals surface area contributed by atoms with Crippen LogP contribution in [0.5, 0.6) is 0 Å². The highest BCUT2D eigenvalue weighted by molar-refractivity contribution is 6.07. The van der Waals surface area contributed by atoms with Gasteiger partial charge < -0.3 is 20.9 Å². The number of carbonyl (C=O) groups excluding carboxylic acids is 2. The standard InChI is InChI=1S/C30H48N6O2/c1-2-3-16-30(21-24-10-5-4-6-11-24)27(37)36(28(31)34-30)23-26-14-12-25(13-15-26)22-33-29(38)32-17-9-20-35-18-7-8-19-35/h12-15,24H,2-11,16-23H2,1H3,(H2,31,34)(H2,32,33,38). The normalized spacial score (nSPS) is 22.6. The molecule has 1 atom stereocenters. The van der Waals surface area contributed by atoms with Crippen molar-refractivity contribution in [2.45, 2.75) is 103 Å². The van der Waals surface area contributed by atoms with Crippen molar-refractivity contribution in [1.82, 2.24) is 25.8 Å². The Morgan fingerprint density at radius 1 is 1.03 bits per heavy atom. The van der Waals surface area contributed by atoms with E-state index in [2.05, 4.69) is 27.8 Å². The molecule has 3 aliphatic rings. The molecule has 3 fully saturated rings. The smallest absolute Gasteiger partial charge is 0.315 e. The number of urea groups is 1. The second-order valence-electron chi connectivity index (χ2n) is 11.6. The SMILES string of the molecule is CCCCC1(CC2CCCCC2)NC(=N)N(Cc2ccc(CNC(=O)NCCCN3CCCC3)cc2)C1=O. The van der Waals surface area contributed by atoms with Crippen LogP contribution in [0, 0.1) is 11.3 Å². The molecule has 2 saturated heterocycles. The van der Waals surface area contributed by atoms with Crippen LogP contribution in [-0.4, -0.2) is 59.4 Å². The molecule has 0 spiro atoms. The molecule has 1 aromatic carbocycles. The second kappa shape index (κ2) is 14.0. The zero-order chi connectivity index (χ0) is 26.8. The number of hydrogen-bond donors (Lipinski definition) is 4. The molecule has 1 aromatic rings. The van der Waals surface area contributed by atoms with Gasteiger partial charge in [0, 0.05) is 13.1 Å². The minimum atomic E-state index is -0.624. The molecule has 1 aliphatic carbocycles. The summed E-state index contributed by atoms with van der Waals surface area (Å²) in [5.41, 5.74) is 1.38. The van der Waals surface area contributed by atoms with Gasteiger partial charge in [-0.05, 0) is 68.8 Å². The zero-order valence-corrected chi connectivity index (χ0v) is 23.3. The molecular weight excluding hydrogens is 476 g/mol. The van der Waals surface area contributed by atoms with Gasteiger partial charge in [-0.15, -0.1) is 0 Å². The van der Waals surface area contributed by atoms with E-state index in [1.54, 1.807) is 4.90 Å². The van der Waals surface area contributed by atoms with Crippen LogP contribution in [0.25, 0.3) is 0 Å². The molecule has 0 bridgehead atoms. The third kappa shape index (κ3) is 7.71. The highest BCUT2D eigenvalue weighted by atomic mass is 16.2. The largest absolute Gasteiger partial charge is 0.342 e. The van der Waals surface area contributed by atoms with Crippen molar-refractivity contribution in [3.8, 4) is 0 Å². The number of nitrogens with zero attached hydrogens (tertiary/aromatic N) is 2. The van der Waals surface area contributed by atoms with Crippen LogP contribution >= 0.6 is 0 Å². The third-order valence-electron chi connectivity index (χ3n) is 8.55. The van der Waals surface area contributed by atoms with Crippen molar-refractivity contribution in [3.05, 3.63) is 35.4 Å². The van der Waals surface area contributed by atoms with Gasteiger partial charge in [-0.1, -0.05) is 76.1 Å². The average Bonchev–Trinajstić information content (AvgIpc) is 3.53. The fraction of sp³-hybridized carbons (Fsp3) is 0.700. The van der Waals surface area contributed by atoms with E-state index in [1.165, 1.54) is 58.0 Å². The summed E-state index contributed by atoms with van der Waals surface area (Å²) >= 11 is 0. The van der Waals surface area contributed by atoms with E-state index >= 15 is 0 Å². The average molecular weight is 525 g/mol. The number of likely N-dealkylation sites (tertiary alicyclic amines) is 1. The van der Waals surface area contributed by atoms with Crippen LogP contribution in [0.1, 0.15) is 95.1 Å². The van der Waals surface area contributed by atoms with E-state index < -0.39 is 5.54 Å². The van der Waals surface area contributed by atoms with Crippen molar-refractivity contribution < 1.29 is 9.59 Å². The third-order valence-corrected chi connectivity index (χ3v) is 8.55. The fourth-order valence-corrected chi connectivity index (χ4v) is 6.33. The molecule has 4 N–H and O–H groups in total. The maximum absolute atomic E-state index is 13.7. The molecule has 2 aliphatic heterocycles. The van der Waals surface area contributed by atoms with Crippen LogP contribution in [0.15, 0.2) is 24.3 Å². The minimum absolute atomic E-state index is 0.0636. The lowest BCUT2D eigenvalue weighted by molar-refractivity contribution is -0.132. The van der Waals surface area contributed by atoms with E-state index in [9.17, 15) is 9.59 Å². The van der Waals surface area contributed by atoms with Crippen LogP contribution in [-0.2, 0) is 17.9 Å². The second-order valence-corrected chi connectivity index (χ2v) is 11.6. The first-order valence-electron chi connectivity index (χ1n) is 15.0. The van der Waals surface area contributed by atoms with Crippen LogP contribution < -0.4 is 16.0 Å². The summed E-state index contributed by atoms with van der Waals surface area (Å²) in [7, 11) is 0. The fourth-order valence-electron chi connectivity index (χ4n) is 6.33. The Morgan fingerprint density at radius 3 is 2.45 bits per heavy atom. The molecule has 3 amide bonds. The number of rotatable bonds is 13. The summed E-state index contributed by atoms with van der Waals surface area (Å²) in [5.74, 6) is 0.863. The van der Waals surface area contributed by atoms with E-state index in [0.717, 1.165) is 49.8 Å². The van der Waals surface area contributed by atoms with Gasteiger partial charge in [-0.25, -0.2) is 4.79 Å². The summed E-state index contributed by atoms with van der Waals surface area (Å²) in [6, 6.07) is 7.84. The Labute approximate surface area is 228 Å². The number of guanidine groups is 1. The van der Waals surface area contributed by atoms with Gasteiger partial charge in [-0.3, -0.25) is 15.1 Å². The first-order valence-corrected chi connectivity index (χ1v) is 15.0. The number of amides is 3. The highest BCUT2D eigenvalue weighted by Crippen LogP contribution is 2.36. The number of unbranched alkanes of at least 4 members (excludes halogenated alkanes) is 1. The van der Waals surface area contributed by atoms with Crippen LogP contribution in [0.3, 0.4) is 0 Å². The van der Waals surface area contributed by atoms with E-state index in [0.29, 0.717) is 25.6 Å². The molecule has 1 unspecified atom stereocenters. The molecule has 0 aromatic heterocycles. The molecule has 38 heavy (non-hydrogen) atoms. The van der Waals surface area contributed by atoms with Gasteiger partial charge in [-0.2, -0.15) is 0 Å². The van der Waals surface area contributed by atoms with Crippen molar-refractivity contribution in [1.29, 1.82) is 5.41 Å². The van der Waals surface area contributed by atoms with Crippen molar-refractivity contribution in [3.63, 3.8) is 0 Å². The zero-order valence-electron chi connectivity index (χ0n) is 23.3. The molecule has 0 radical (unpaired) electrons. The first kappa shape index (κ1) is 28.4. The van der Waals surface area contributed by atoms with Crippen molar-refractivity contribution >= 4 is 17.9 Å². The summed E-state index contributed by atoms with van der Waals surface area (Å²) in [6.07, 6.45) is 13.4. The summed E-state index contributed by atoms with van der Waals surface area (Å²) < 4.78 is 0. The molecule has 1 saturated carbocycles. The Balaban J connectivity index is 1.25. The Hall–Kier alpha value is -2.61. The van der Waals surface area contributed by atoms with Crippen LogP contribution in [0.2, 0.25) is 0 Å². The number of hydrogen-bond acceptors (Lipinski definition) is 4. The quantitative estimate of drug-likeness (QED) is 0.280. The van der Waals surface area contributed by atoms with Gasteiger partial charge in [0.2, 0.25) is 0 Å². The van der Waals surface area contributed by atoms with Crippen molar-refractivity contribution in [2.75, 3.05) is 26.2 Å². The lowest BCUT2D eigenvalue weighted by Crippen LogP contribution is -2.48. The van der Waals surface area contributed by atoms with Crippen molar-refractivity contribution in [2.24, 2.45) is 5.92 Å². The maximum atomic E-state index is 13.7. The highest BCUT2D eigenvalue weighted by Gasteiger charge is 2.49. The van der Waals surface area contributed by atoms with E-state index in [-0.39, 0.29) is 17.9 Å². The van der Waals surface area contributed by atoms with Gasteiger partial charge in [0.1, 0.15) is 5.54 Å². The van der Waals surface area contributed by atoms with Gasteiger partial charge in [0.15, 0.2) is 5.96 Å². The van der Waals surface area contributed by atoms with Gasteiger partial charge in [0.05, 0.1) is 6.54 Å². The molecule has 4 rings (SSSR count). The van der Waals surface area contributed by atoms with Gasteiger partial charge in [0.25, 0.3) is 5.91 Å². The predicted octanol–water partition coefficient (Wildman–Crippen LogP) is 4.74. The topological polar surface area (TPSA) is 101 Å². The number of carbonyl (C=O) groups is 2. The summed E-state index contributed by atoms with van der Waals surface area (Å²) in [6.45, 7) is 7.12. The predicted molar refractivity (Wildman–Crippen MR) is 152 cm³/mol.